The highest BCUT2D eigenvalue weighted by Gasteiger charge is 2.17. The number of hydrogen-bond acceptors (Lipinski definition) is 12. The molecule has 1 amide bonds. The fourth-order valence-corrected chi connectivity index (χ4v) is 0.912. The second kappa shape index (κ2) is 20.9. The van der Waals surface area contributed by atoms with E-state index in [0.717, 1.165) is 0 Å². The summed E-state index contributed by atoms with van der Waals surface area (Å²) in [6.45, 7) is 2.16. The molecule has 0 rings (SSSR count). The quantitative estimate of drug-likeness (QED) is 0.136. The highest BCUT2D eigenvalue weighted by molar-refractivity contribution is 5.77. The molecule has 17 nitrogen and oxygen atoms in total. The molecule has 0 spiro atoms. The minimum absolute atomic E-state index is 0.0213. The highest BCUT2D eigenvalue weighted by atomic mass is 16.4. The number of rotatable bonds is 10. The topological polar surface area (TPSA) is 357 Å². The van der Waals surface area contributed by atoms with Gasteiger partial charge in [-0.1, -0.05) is 0 Å². The van der Waals surface area contributed by atoms with Gasteiger partial charge in [0.15, 0.2) is 0 Å². The van der Waals surface area contributed by atoms with Crippen LogP contribution in [0.5, 0.6) is 0 Å². The summed E-state index contributed by atoms with van der Waals surface area (Å²) >= 11 is 0. The van der Waals surface area contributed by atoms with Crippen LogP contribution >= 0.6 is 0 Å². The lowest BCUT2D eigenvalue weighted by Gasteiger charge is -2.07. The Morgan fingerprint density at radius 3 is 1.06 bits per heavy atom. The molecule has 17 heteroatoms. The van der Waals surface area contributed by atoms with Crippen LogP contribution in [0, 0.1) is 0 Å². The molecule has 0 aromatic heterocycles. The van der Waals surface area contributed by atoms with Crippen molar-refractivity contribution in [2.45, 2.75) is 63.1 Å². The maximum absolute atomic E-state index is 10.1. The maximum atomic E-state index is 10.1. The Kier molecular flexibility index (Phi) is 23.7. The Bertz CT molecular complexity index is 578. The van der Waals surface area contributed by atoms with Crippen LogP contribution in [0.4, 0.5) is 0 Å². The molecule has 0 aromatic rings. The lowest BCUT2D eigenvalue weighted by atomic mass is 10.2. The summed E-state index contributed by atoms with van der Waals surface area (Å²) < 4.78 is 0. The van der Waals surface area contributed by atoms with E-state index in [1.807, 2.05) is 0 Å². The molecular formula is C16H35N5O12. The minimum atomic E-state index is -1.18. The van der Waals surface area contributed by atoms with Crippen molar-refractivity contribution < 1.29 is 59.7 Å². The number of primary amides is 1. The van der Waals surface area contributed by atoms with Gasteiger partial charge in [0.1, 0.15) is 24.2 Å². The lowest BCUT2D eigenvalue weighted by molar-refractivity contribution is -0.141. The normalized spacial score (nSPS) is 15.1. The fourth-order valence-electron chi connectivity index (χ4n) is 0.912. The maximum Gasteiger partial charge on any atom is 0.323 e. The van der Waals surface area contributed by atoms with Crippen molar-refractivity contribution >= 4 is 29.8 Å². The Labute approximate surface area is 188 Å². The Morgan fingerprint density at radius 2 is 0.970 bits per heavy atom. The highest BCUT2D eigenvalue weighted by Crippen LogP contribution is 1.92. The Balaban J connectivity index is -0.000000171. The van der Waals surface area contributed by atoms with E-state index in [-0.39, 0.29) is 12.8 Å². The van der Waals surface area contributed by atoms with E-state index in [2.05, 4.69) is 0 Å². The van der Waals surface area contributed by atoms with Gasteiger partial charge in [0, 0.05) is 6.42 Å². The number of carboxylic acid groups (broad SMARTS) is 4. The van der Waals surface area contributed by atoms with Crippen molar-refractivity contribution in [1.82, 2.24) is 0 Å². The molecule has 0 heterocycles. The minimum Gasteiger partial charge on any atom is -0.480 e. The first-order chi connectivity index (χ1) is 14.8. The third-order valence-corrected chi connectivity index (χ3v) is 3.14. The molecule has 0 aliphatic carbocycles. The van der Waals surface area contributed by atoms with E-state index >= 15 is 0 Å². The predicted molar refractivity (Wildman–Crippen MR) is 111 cm³/mol. The summed E-state index contributed by atoms with van der Waals surface area (Å²) in [4.78, 5) is 49.5. The van der Waals surface area contributed by atoms with Crippen molar-refractivity contribution in [3.8, 4) is 0 Å². The van der Waals surface area contributed by atoms with Gasteiger partial charge in [0.05, 0.1) is 18.8 Å². The van der Waals surface area contributed by atoms with E-state index in [1.165, 1.54) is 13.8 Å². The zero-order valence-electron chi connectivity index (χ0n) is 18.1. The summed E-state index contributed by atoms with van der Waals surface area (Å²) in [6, 6.07) is -4.42. The van der Waals surface area contributed by atoms with Crippen molar-refractivity contribution in [1.29, 1.82) is 0 Å². The van der Waals surface area contributed by atoms with Crippen LogP contribution in [0.25, 0.3) is 0 Å². The molecule has 17 N–H and O–H groups in total. The molecule has 0 aliphatic heterocycles. The zero-order valence-corrected chi connectivity index (χ0v) is 18.1. The Hall–Kier alpha value is -2.93. The molecule has 0 aliphatic rings. The summed E-state index contributed by atoms with van der Waals surface area (Å²) in [5, 5.41) is 57.2. The number of aliphatic hydroxyl groups excluding tert-OH is 3. The first kappa shape index (κ1) is 37.4. The number of aliphatic hydroxyl groups is 3. The van der Waals surface area contributed by atoms with Gasteiger partial charge in [0.2, 0.25) is 5.91 Å². The number of carbonyl (C=O) groups excluding carboxylic acids is 1. The molecule has 0 radical (unpaired) electrons. The third kappa shape index (κ3) is 27.0. The van der Waals surface area contributed by atoms with Crippen LogP contribution in [0.2, 0.25) is 0 Å². The first-order valence-corrected chi connectivity index (χ1v) is 9.02. The standard InChI is InChI=1S/C5H10N2O3.2C4H9NO3.C3H7NO3/c6-3(5(9)10)1-2-4(7)8;2*1-2(6)3(5)4(7)8;4-2(1-5)3(6)7/h3H,1-2,6H2,(H2,7,8)(H,9,10);2*2-3,6H,5H2,1H3,(H,7,8);2,5H,1,4H2,(H,6,7). The lowest BCUT2D eigenvalue weighted by Crippen LogP contribution is -2.39. The van der Waals surface area contributed by atoms with Gasteiger partial charge in [-0.25, -0.2) is 0 Å². The molecule has 0 bridgehead atoms. The van der Waals surface area contributed by atoms with Crippen LogP contribution in [0.3, 0.4) is 0 Å². The van der Waals surface area contributed by atoms with Gasteiger partial charge in [-0.05, 0) is 20.3 Å². The van der Waals surface area contributed by atoms with Gasteiger partial charge in [-0.2, -0.15) is 0 Å². The smallest absolute Gasteiger partial charge is 0.323 e. The van der Waals surface area contributed by atoms with Crippen LogP contribution in [0.15, 0.2) is 0 Å². The second-order valence-electron chi connectivity index (χ2n) is 6.29. The van der Waals surface area contributed by atoms with Crippen molar-refractivity contribution in [2.75, 3.05) is 6.61 Å². The van der Waals surface area contributed by atoms with Gasteiger partial charge in [-0.3, -0.25) is 24.0 Å². The SMILES string of the molecule is CC(O)C(N)C(=O)O.CC(O)C(N)C(=O)O.NC(=O)CCC(N)C(=O)O.NC(CO)C(=O)O. The fraction of sp³-hybridized carbons (Fsp3) is 0.688. The average Bonchev–Trinajstić information content (AvgIpc) is 2.70. The van der Waals surface area contributed by atoms with Gasteiger partial charge in [-0.15, -0.1) is 0 Å². The van der Waals surface area contributed by atoms with Crippen molar-refractivity contribution in [3.05, 3.63) is 0 Å². The molecule has 33 heavy (non-hydrogen) atoms. The number of hydrogen-bond donors (Lipinski definition) is 12. The van der Waals surface area contributed by atoms with Crippen LogP contribution in [-0.4, -0.2) is 109 Å². The molecule has 6 unspecified atom stereocenters. The number of nitrogens with two attached hydrogens (primary N) is 5. The summed E-state index contributed by atoms with van der Waals surface area (Å²) in [5.41, 5.74) is 24.4. The average molecular weight is 489 g/mol. The van der Waals surface area contributed by atoms with E-state index in [9.17, 15) is 24.0 Å². The van der Waals surface area contributed by atoms with E-state index in [0.29, 0.717) is 0 Å². The van der Waals surface area contributed by atoms with E-state index in [4.69, 9.17) is 64.4 Å². The monoisotopic (exact) mass is 489 g/mol. The zero-order chi connectivity index (χ0) is 27.5. The van der Waals surface area contributed by atoms with Crippen molar-refractivity contribution in [2.24, 2.45) is 28.7 Å². The number of amides is 1. The van der Waals surface area contributed by atoms with E-state index < -0.39 is 72.8 Å². The molecule has 0 aromatic carbocycles. The summed E-state index contributed by atoms with van der Waals surface area (Å²) in [6.07, 6.45) is -1.84. The molecule has 196 valence electrons. The molecule has 0 fully saturated rings. The second-order valence-corrected chi connectivity index (χ2v) is 6.29. The molecular weight excluding hydrogens is 454 g/mol. The van der Waals surface area contributed by atoms with E-state index in [1.54, 1.807) is 0 Å². The predicted octanol–water partition coefficient (Wildman–Crippen LogP) is -5.39. The van der Waals surface area contributed by atoms with Crippen LogP contribution in [0.1, 0.15) is 26.7 Å². The number of carbonyl (C=O) groups is 5. The van der Waals surface area contributed by atoms with Crippen LogP contribution in [-0.2, 0) is 24.0 Å². The molecule has 6 atom stereocenters. The molecule has 0 saturated heterocycles. The Morgan fingerprint density at radius 1 is 0.667 bits per heavy atom. The number of aliphatic carboxylic acids is 4. The summed E-state index contributed by atoms with van der Waals surface area (Å²) in [5.74, 6) is -5.18. The molecule has 0 saturated carbocycles. The van der Waals surface area contributed by atoms with Crippen molar-refractivity contribution in [3.63, 3.8) is 0 Å². The largest absolute Gasteiger partial charge is 0.480 e. The van der Waals surface area contributed by atoms with Gasteiger partial charge < -0.3 is 64.4 Å². The first-order valence-electron chi connectivity index (χ1n) is 9.02. The summed E-state index contributed by atoms with van der Waals surface area (Å²) in [7, 11) is 0. The van der Waals surface area contributed by atoms with Gasteiger partial charge >= 0.3 is 23.9 Å². The van der Waals surface area contributed by atoms with Crippen LogP contribution < -0.4 is 28.7 Å². The third-order valence-electron chi connectivity index (χ3n) is 3.14. The van der Waals surface area contributed by atoms with Gasteiger partial charge in [0.25, 0.3) is 0 Å². The number of carboxylic acids is 4.